The number of aromatic nitrogens is 3. The molecule has 13 heteroatoms. The van der Waals surface area contributed by atoms with E-state index >= 15 is 0 Å². The van der Waals surface area contributed by atoms with Gasteiger partial charge >= 0.3 is 5.97 Å². The van der Waals surface area contributed by atoms with Gasteiger partial charge in [-0.1, -0.05) is 18.2 Å². The van der Waals surface area contributed by atoms with Gasteiger partial charge in [-0.3, -0.25) is 14.4 Å². The first-order valence-electron chi connectivity index (χ1n) is 13.2. The first-order valence-corrected chi connectivity index (χ1v) is 14.6. The molecule has 3 heterocycles. The van der Waals surface area contributed by atoms with E-state index in [1.54, 1.807) is 18.0 Å². The van der Waals surface area contributed by atoms with Crippen molar-refractivity contribution in [1.82, 2.24) is 30.5 Å². The number of amides is 3. The molecule has 214 valence electrons. The maximum Gasteiger partial charge on any atom is 0.326 e. The van der Waals surface area contributed by atoms with E-state index in [0.29, 0.717) is 31.5 Å². The summed E-state index contributed by atoms with van der Waals surface area (Å²) >= 11 is 1.59. The number of hydrogen-bond acceptors (Lipinski definition) is 7. The number of carboxylic acid groups (broad SMARTS) is 1. The maximum absolute atomic E-state index is 13.4. The van der Waals surface area contributed by atoms with Crippen molar-refractivity contribution in [3.05, 3.63) is 54.2 Å². The normalized spacial score (nSPS) is 17.4. The largest absolute Gasteiger partial charge is 0.480 e. The highest BCUT2D eigenvalue weighted by Crippen LogP contribution is 2.21. The molecule has 4 atom stereocenters. The second kappa shape index (κ2) is 13.5. The molecule has 40 heavy (non-hydrogen) atoms. The van der Waals surface area contributed by atoms with Gasteiger partial charge in [0.05, 0.1) is 12.4 Å². The summed E-state index contributed by atoms with van der Waals surface area (Å²) in [6.07, 6.45) is 8.35. The number of carbonyl (C=O) groups is 4. The maximum atomic E-state index is 13.4. The van der Waals surface area contributed by atoms with Gasteiger partial charge in [0.25, 0.3) is 0 Å². The Kier molecular flexibility index (Phi) is 9.83. The number of thioether (sulfide) groups is 1. The minimum absolute atomic E-state index is 0.0502. The van der Waals surface area contributed by atoms with Crippen LogP contribution >= 0.6 is 11.8 Å². The molecule has 4 unspecified atom stereocenters. The summed E-state index contributed by atoms with van der Waals surface area (Å²) in [6, 6.07) is 3.71. The minimum Gasteiger partial charge on any atom is -0.480 e. The van der Waals surface area contributed by atoms with Crippen molar-refractivity contribution in [1.29, 1.82) is 0 Å². The first-order chi connectivity index (χ1) is 19.3. The molecule has 1 fully saturated rings. The number of nitrogens with one attached hydrogen (secondary N) is 4. The smallest absolute Gasteiger partial charge is 0.326 e. The number of carbonyl (C=O) groups excluding carboxylic acids is 3. The lowest BCUT2D eigenvalue weighted by molar-refractivity contribution is -0.143. The Labute approximate surface area is 235 Å². The van der Waals surface area contributed by atoms with Gasteiger partial charge in [0.1, 0.15) is 18.1 Å². The molecule has 12 nitrogen and oxygen atoms in total. The number of carboxylic acids is 1. The summed E-state index contributed by atoms with van der Waals surface area (Å²) < 4.78 is 0. The van der Waals surface area contributed by atoms with Gasteiger partial charge in [-0.05, 0) is 42.9 Å². The van der Waals surface area contributed by atoms with Crippen molar-refractivity contribution in [2.75, 3.05) is 18.6 Å². The number of aliphatic carboxylic acids is 1. The number of hydrogen-bond donors (Lipinski definition) is 6. The molecule has 0 aliphatic carbocycles. The summed E-state index contributed by atoms with van der Waals surface area (Å²) in [6.45, 7) is 0.410. The van der Waals surface area contributed by atoms with Crippen LogP contribution < -0.4 is 16.4 Å². The number of nitrogens with two attached hydrogens (primary N) is 1. The highest BCUT2D eigenvalue weighted by atomic mass is 32.2. The topological polar surface area (TPSA) is 186 Å². The molecule has 4 rings (SSSR count). The van der Waals surface area contributed by atoms with Crippen LogP contribution in [0.2, 0.25) is 0 Å². The van der Waals surface area contributed by atoms with Crippen LogP contribution in [-0.4, -0.2) is 91.4 Å². The number of aromatic amines is 2. The number of nitrogens with zero attached hydrogens (tertiary/aromatic N) is 2. The van der Waals surface area contributed by atoms with Gasteiger partial charge in [0, 0.05) is 48.4 Å². The summed E-state index contributed by atoms with van der Waals surface area (Å²) in [5.41, 5.74) is 8.28. The fourth-order valence-electron chi connectivity index (χ4n) is 4.97. The second-order valence-corrected chi connectivity index (χ2v) is 10.9. The zero-order chi connectivity index (χ0) is 28.6. The fraction of sp³-hybridized carbons (Fsp3) is 0.444. The summed E-state index contributed by atoms with van der Waals surface area (Å²) in [7, 11) is 0. The third kappa shape index (κ3) is 7.02. The Hall–Kier alpha value is -3.84. The Morgan fingerprint density at radius 1 is 1.18 bits per heavy atom. The number of rotatable bonds is 13. The fourth-order valence-corrected chi connectivity index (χ4v) is 5.46. The Balaban J connectivity index is 1.48. The highest BCUT2D eigenvalue weighted by molar-refractivity contribution is 7.98. The van der Waals surface area contributed by atoms with Crippen molar-refractivity contribution >= 4 is 46.4 Å². The van der Waals surface area contributed by atoms with Gasteiger partial charge in [-0.25, -0.2) is 9.78 Å². The van der Waals surface area contributed by atoms with E-state index in [4.69, 9.17) is 5.73 Å². The summed E-state index contributed by atoms with van der Waals surface area (Å²) in [5, 5.41) is 16.1. The second-order valence-electron chi connectivity index (χ2n) is 9.88. The molecule has 0 bridgehead atoms. The van der Waals surface area contributed by atoms with Crippen LogP contribution in [0.4, 0.5) is 0 Å². The predicted octanol–water partition coefficient (Wildman–Crippen LogP) is 0.802. The molecule has 0 radical (unpaired) electrons. The van der Waals surface area contributed by atoms with Crippen molar-refractivity contribution in [2.24, 2.45) is 5.73 Å². The average molecular weight is 570 g/mol. The van der Waals surface area contributed by atoms with Gasteiger partial charge in [0.15, 0.2) is 0 Å². The molecular formula is C27H35N7O5S. The molecule has 1 aliphatic rings. The number of para-hydroxylation sites is 1. The van der Waals surface area contributed by atoms with E-state index in [1.165, 1.54) is 17.4 Å². The molecular weight excluding hydrogens is 534 g/mol. The SMILES string of the molecule is CSCCC(N)C(=O)N1CCCC1C(=O)NC(Cc1cnc[nH]1)C(=O)NC(Cc1c[nH]c2ccccc12)C(=O)O. The molecule has 3 amide bonds. The van der Waals surface area contributed by atoms with Crippen LogP contribution in [0.1, 0.15) is 30.5 Å². The number of fused-ring (bicyclic) bond motifs is 1. The molecule has 7 N–H and O–H groups in total. The Bertz CT molecular complexity index is 1330. The molecule has 1 saturated heterocycles. The van der Waals surface area contributed by atoms with Crippen molar-refractivity contribution in [2.45, 2.75) is 56.3 Å². The quantitative estimate of drug-likeness (QED) is 0.174. The number of likely N-dealkylation sites (tertiary alicyclic amines) is 1. The van der Waals surface area contributed by atoms with Gasteiger partial charge in [0.2, 0.25) is 17.7 Å². The Morgan fingerprint density at radius 2 is 1.98 bits per heavy atom. The zero-order valence-corrected chi connectivity index (χ0v) is 23.1. The van der Waals surface area contributed by atoms with E-state index in [0.717, 1.165) is 22.2 Å². The monoisotopic (exact) mass is 569 g/mol. The average Bonchev–Trinajstić information content (AvgIpc) is 3.72. The van der Waals surface area contributed by atoms with Crippen molar-refractivity contribution in [3.8, 4) is 0 Å². The van der Waals surface area contributed by atoms with E-state index in [2.05, 4.69) is 25.6 Å². The Morgan fingerprint density at radius 3 is 2.70 bits per heavy atom. The minimum atomic E-state index is -1.23. The van der Waals surface area contributed by atoms with Gasteiger partial charge in [-0.15, -0.1) is 0 Å². The van der Waals surface area contributed by atoms with Crippen LogP contribution in [0, 0.1) is 0 Å². The number of imidazole rings is 1. The third-order valence-corrected chi connectivity index (χ3v) is 7.76. The molecule has 1 aliphatic heterocycles. The summed E-state index contributed by atoms with van der Waals surface area (Å²) in [4.78, 5) is 63.4. The highest BCUT2D eigenvalue weighted by Gasteiger charge is 2.38. The molecule has 3 aromatic rings. The van der Waals surface area contributed by atoms with E-state index in [-0.39, 0.29) is 18.7 Å². The van der Waals surface area contributed by atoms with E-state index in [1.807, 2.05) is 30.5 Å². The van der Waals surface area contributed by atoms with Crippen LogP contribution in [0.5, 0.6) is 0 Å². The number of benzene rings is 1. The lowest BCUT2D eigenvalue weighted by Crippen LogP contribution is -2.57. The lowest BCUT2D eigenvalue weighted by Gasteiger charge is -2.28. The van der Waals surface area contributed by atoms with Crippen LogP contribution in [0.3, 0.4) is 0 Å². The van der Waals surface area contributed by atoms with E-state index < -0.39 is 42.0 Å². The van der Waals surface area contributed by atoms with Gasteiger partial charge in [-0.2, -0.15) is 11.8 Å². The molecule has 0 saturated carbocycles. The standard InChI is InChI=1S/C27H35N7O5S/c1-40-10-8-19(28)26(37)34-9-4-7-23(34)25(36)32-21(12-17-14-29-15-31-17)24(35)33-22(27(38)39)11-16-13-30-20-6-3-2-5-18(16)20/h2-3,5-6,13-15,19,21-23,30H,4,7-12,28H2,1H3,(H,29,31)(H,32,36)(H,33,35)(H,38,39). The lowest BCUT2D eigenvalue weighted by atomic mass is 10.0. The van der Waals surface area contributed by atoms with Crippen molar-refractivity contribution in [3.63, 3.8) is 0 Å². The van der Waals surface area contributed by atoms with Crippen LogP contribution in [0.25, 0.3) is 10.9 Å². The van der Waals surface area contributed by atoms with Gasteiger partial charge < -0.3 is 36.3 Å². The van der Waals surface area contributed by atoms with Crippen molar-refractivity contribution < 1.29 is 24.3 Å². The molecule has 0 spiro atoms. The van der Waals surface area contributed by atoms with Crippen LogP contribution in [0.15, 0.2) is 43.0 Å². The zero-order valence-electron chi connectivity index (χ0n) is 22.3. The summed E-state index contributed by atoms with van der Waals surface area (Å²) in [5.74, 6) is -1.88. The first kappa shape index (κ1) is 29.2. The molecule has 2 aromatic heterocycles. The van der Waals surface area contributed by atoms with E-state index in [9.17, 15) is 24.3 Å². The van der Waals surface area contributed by atoms with Crippen LogP contribution in [-0.2, 0) is 32.0 Å². The number of H-pyrrole nitrogens is 2. The third-order valence-electron chi connectivity index (χ3n) is 7.11. The molecule has 1 aromatic carbocycles. The predicted molar refractivity (Wildman–Crippen MR) is 152 cm³/mol.